The van der Waals surface area contributed by atoms with Crippen molar-refractivity contribution in [1.29, 1.82) is 0 Å². The van der Waals surface area contributed by atoms with Crippen molar-refractivity contribution < 1.29 is 0 Å². The molecule has 0 nitrogen and oxygen atoms in total. The van der Waals surface area contributed by atoms with Crippen molar-refractivity contribution in [2.75, 3.05) is 0 Å². The second-order valence-electron chi connectivity index (χ2n) is 0.866. The molecule has 0 atom stereocenters. The molecule has 0 bridgehead atoms. The second-order valence-corrected chi connectivity index (χ2v) is 0.866. The van der Waals surface area contributed by atoms with Gasteiger partial charge in [-0.2, -0.15) is 0 Å². The molecule has 1 radical (unpaired) electrons. The molecule has 0 unspecified atom stereocenters. The standard InChI is InChI=1S/C3H5.Al.3H/c1-2-3-1;;;;/h1H,2-3H2;;;;. The predicted molar refractivity (Wildman–Crippen MR) is 23.5 cm³/mol. The van der Waals surface area contributed by atoms with Crippen LogP contribution in [0, 0.1) is 6.42 Å². The van der Waals surface area contributed by atoms with Crippen molar-refractivity contribution in [2.24, 2.45) is 0 Å². The molecule has 23 valence electrons. The van der Waals surface area contributed by atoms with Crippen molar-refractivity contribution in [2.45, 2.75) is 12.8 Å². The van der Waals surface area contributed by atoms with Gasteiger partial charge in [-0.3, -0.25) is 0 Å². The summed E-state index contributed by atoms with van der Waals surface area (Å²) < 4.78 is 0. The zero-order valence-corrected chi connectivity index (χ0v) is 1.99. The first kappa shape index (κ1) is 4.53. The summed E-state index contributed by atoms with van der Waals surface area (Å²) in [4.78, 5) is 0. The summed E-state index contributed by atoms with van der Waals surface area (Å²) in [7, 11) is 0. The van der Waals surface area contributed by atoms with Gasteiger partial charge in [-0.1, -0.05) is 0 Å². The summed E-state index contributed by atoms with van der Waals surface area (Å²) in [6.07, 6.45) is 5.00. The topological polar surface area (TPSA) is 0 Å². The molecule has 1 rings (SSSR count). The third-order valence-electron chi connectivity index (χ3n) is 0.289. The van der Waals surface area contributed by atoms with E-state index in [1.165, 1.54) is 12.8 Å². The molecular weight excluding hydrogens is 63.0 g/mol. The molecule has 0 amide bonds. The van der Waals surface area contributed by atoms with E-state index in [1.54, 1.807) is 0 Å². The number of rotatable bonds is 0. The maximum atomic E-state index is 2.25. The van der Waals surface area contributed by atoms with Gasteiger partial charge < -0.3 is 0 Å². The first-order valence-corrected chi connectivity index (χ1v) is 1.32. The average molecular weight is 71.1 g/mol. The van der Waals surface area contributed by atoms with Crippen LogP contribution < -0.4 is 0 Å². The average Bonchev–Trinajstić information content (AvgIpc) is 1.46. The Labute approximate surface area is 37.3 Å². The first-order valence-electron chi connectivity index (χ1n) is 1.32. The lowest BCUT2D eigenvalue weighted by Gasteiger charge is -1.05. The van der Waals surface area contributed by atoms with Crippen LogP contribution in [0.3, 0.4) is 0 Å². The maximum Gasteiger partial charge on any atom is 0.187 e. The van der Waals surface area contributed by atoms with Gasteiger partial charge in [-0.05, 0) is 19.3 Å². The summed E-state index contributed by atoms with van der Waals surface area (Å²) >= 11 is 0. The normalized spacial score (nSPS) is 18.0. The lowest BCUT2D eigenvalue weighted by Crippen LogP contribution is -0.898. The highest BCUT2D eigenvalue weighted by atomic mass is 27.0. The third-order valence-corrected chi connectivity index (χ3v) is 0.289. The van der Waals surface area contributed by atoms with Gasteiger partial charge >= 0.3 is 0 Å². The Kier molecular flexibility index (Phi) is 2.06. The SMILES string of the molecule is [AlH3].[CH]1CC1. The van der Waals surface area contributed by atoms with Gasteiger partial charge in [-0.25, -0.2) is 0 Å². The minimum absolute atomic E-state index is 0. The van der Waals surface area contributed by atoms with Gasteiger partial charge in [0.05, 0.1) is 0 Å². The highest BCUT2D eigenvalue weighted by Gasteiger charge is 1.95. The molecule has 0 aromatic heterocycles. The Bertz CT molecular complexity index is 8.00. The molecule has 1 aliphatic carbocycles. The van der Waals surface area contributed by atoms with E-state index in [2.05, 4.69) is 6.42 Å². The molecule has 0 aromatic rings. The second kappa shape index (κ2) is 1.82. The quantitative estimate of drug-likeness (QED) is 0.347. The third kappa shape index (κ3) is 2.53. The highest BCUT2D eigenvalue weighted by molar-refractivity contribution is 5.75. The van der Waals surface area contributed by atoms with Gasteiger partial charge in [0.25, 0.3) is 0 Å². The fourth-order valence-corrected chi connectivity index (χ4v) is 0. The van der Waals surface area contributed by atoms with Crippen LogP contribution in [0.2, 0.25) is 0 Å². The van der Waals surface area contributed by atoms with Crippen LogP contribution >= 0.6 is 0 Å². The van der Waals surface area contributed by atoms with Crippen LogP contribution in [-0.4, -0.2) is 17.4 Å². The van der Waals surface area contributed by atoms with Crippen molar-refractivity contribution >= 4 is 17.4 Å². The summed E-state index contributed by atoms with van der Waals surface area (Å²) in [6, 6.07) is 0. The van der Waals surface area contributed by atoms with E-state index in [0.29, 0.717) is 0 Å². The monoisotopic (exact) mass is 71.0 g/mol. The van der Waals surface area contributed by atoms with E-state index >= 15 is 0 Å². The van der Waals surface area contributed by atoms with Gasteiger partial charge in [-0.15, -0.1) is 0 Å². The highest BCUT2D eigenvalue weighted by Crippen LogP contribution is 2.12. The van der Waals surface area contributed by atoms with Crippen molar-refractivity contribution in [1.82, 2.24) is 0 Å². The molecule has 1 heteroatoms. The maximum absolute atomic E-state index is 2.25. The van der Waals surface area contributed by atoms with Crippen LogP contribution in [0.1, 0.15) is 12.8 Å². The molecule has 1 aliphatic rings. The van der Waals surface area contributed by atoms with Crippen LogP contribution in [0.15, 0.2) is 0 Å². The van der Waals surface area contributed by atoms with E-state index in [1.807, 2.05) is 0 Å². The summed E-state index contributed by atoms with van der Waals surface area (Å²) in [5.74, 6) is 0. The molecule has 0 saturated heterocycles. The van der Waals surface area contributed by atoms with E-state index in [4.69, 9.17) is 0 Å². The lowest BCUT2D eigenvalue weighted by molar-refractivity contribution is 1.50. The molecule has 4 heavy (non-hydrogen) atoms. The van der Waals surface area contributed by atoms with Gasteiger partial charge in [0.2, 0.25) is 0 Å². The lowest BCUT2D eigenvalue weighted by atomic mass is 11.0. The largest absolute Gasteiger partial charge is 0.187 e. The van der Waals surface area contributed by atoms with Crippen molar-refractivity contribution in [3.05, 3.63) is 6.42 Å². The van der Waals surface area contributed by atoms with Crippen LogP contribution in [0.4, 0.5) is 0 Å². The van der Waals surface area contributed by atoms with E-state index in [0.717, 1.165) is 0 Å². The van der Waals surface area contributed by atoms with Crippen LogP contribution in [0.25, 0.3) is 0 Å². The minimum Gasteiger partial charge on any atom is -0.0499 e. The zero-order valence-electron chi connectivity index (χ0n) is 1.99. The Morgan fingerprint density at radius 1 is 1.25 bits per heavy atom. The van der Waals surface area contributed by atoms with Gasteiger partial charge in [0.1, 0.15) is 0 Å². The first-order chi connectivity index (χ1) is 1.50. The van der Waals surface area contributed by atoms with E-state index < -0.39 is 0 Å². The molecule has 0 aliphatic heterocycles. The molecular formula is C3H8Al. The minimum atomic E-state index is 0. The Balaban J connectivity index is 0.0000000900. The predicted octanol–water partition coefficient (Wildman–Crippen LogP) is -0.199. The Morgan fingerprint density at radius 2 is 1.50 bits per heavy atom. The zero-order chi connectivity index (χ0) is 2.12. The molecule has 0 N–H and O–H groups in total. The fourth-order valence-electron chi connectivity index (χ4n) is 0. The van der Waals surface area contributed by atoms with E-state index in [-0.39, 0.29) is 17.4 Å². The molecule has 1 fully saturated rings. The summed E-state index contributed by atoms with van der Waals surface area (Å²) in [6.45, 7) is 0. The number of hydrogen-bond donors (Lipinski definition) is 0. The molecule has 0 aromatic carbocycles. The van der Waals surface area contributed by atoms with Gasteiger partial charge in [0.15, 0.2) is 17.4 Å². The van der Waals surface area contributed by atoms with Crippen LogP contribution in [0.5, 0.6) is 0 Å². The van der Waals surface area contributed by atoms with Crippen LogP contribution in [-0.2, 0) is 0 Å². The summed E-state index contributed by atoms with van der Waals surface area (Å²) in [5.41, 5.74) is 0. The summed E-state index contributed by atoms with van der Waals surface area (Å²) in [5, 5.41) is 0. The molecule has 0 spiro atoms. The Morgan fingerprint density at radius 3 is 1.50 bits per heavy atom. The van der Waals surface area contributed by atoms with Gasteiger partial charge in [0, 0.05) is 0 Å². The Hall–Kier alpha value is 0.532. The molecule has 1 saturated carbocycles. The van der Waals surface area contributed by atoms with Crippen molar-refractivity contribution in [3.8, 4) is 0 Å². The van der Waals surface area contributed by atoms with Crippen molar-refractivity contribution in [3.63, 3.8) is 0 Å². The molecule has 0 heterocycles. The fraction of sp³-hybridized carbons (Fsp3) is 0.667. The number of hydrogen-bond acceptors (Lipinski definition) is 0. The smallest absolute Gasteiger partial charge is 0.0499 e. The van der Waals surface area contributed by atoms with E-state index in [9.17, 15) is 0 Å².